The lowest BCUT2D eigenvalue weighted by Crippen LogP contribution is -2.49. The molecular weight excluding hydrogens is 228 g/mol. The maximum atomic E-state index is 3.68. The third-order valence-corrected chi connectivity index (χ3v) is 4.58. The number of hydrogen-bond donors (Lipinski definition) is 1. The lowest BCUT2D eigenvalue weighted by Gasteiger charge is -2.37. The predicted octanol–water partition coefficient (Wildman–Crippen LogP) is 2.98. The van der Waals surface area contributed by atoms with Crippen molar-refractivity contribution in [3.05, 3.63) is 0 Å². The van der Waals surface area contributed by atoms with Crippen LogP contribution in [0.5, 0.6) is 0 Å². The van der Waals surface area contributed by atoms with E-state index in [1.165, 1.54) is 56.8 Å². The van der Waals surface area contributed by atoms with Gasteiger partial charge in [-0.1, -0.05) is 13.8 Å². The van der Waals surface area contributed by atoms with Crippen molar-refractivity contribution in [3.63, 3.8) is 0 Å². The van der Waals surface area contributed by atoms with Crippen molar-refractivity contribution in [2.75, 3.05) is 31.1 Å². The normalized spacial score (nSPS) is 23.8. The molecule has 0 radical (unpaired) electrons. The molecule has 1 saturated heterocycles. The highest BCUT2D eigenvalue weighted by Gasteiger charge is 2.22. The van der Waals surface area contributed by atoms with Crippen molar-refractivity contribution in [3.8, 4) is 0 Å². The molecule has 102 valence electrons. The average molecular weight is 258 g/mol. The van der Waals surface area contributed by atoms with Crippen molar-refractivity contribution >= 4 is 11.8 Å². The van der Waals surface area contributed by atoms with Crippen molar-refractivity contribution in [1.29, 1.82) is 0 Å². The molecule has 2 atom stereocenters. The second-order valence-electron chi connectivity index (χ2n) is 5.12. The van der Waals surface area contributed by atoms with E-state index in [1.807, 2.05) is 0 Å². The van der Waals surface area contributed by atoms with E-state index in [4.69, 9.17) is 0 Å². The number of nitrogens with one attached hydrogen (secondary N) is 1. The largest absolute Gasteiger partial charge is 0.313 e. The summed E-state index contributed by atoms with van der Waals surface area (Å²) in [5.74, 6) is 2.58. The maximum Gasteiger partial charge on any atom is 0.0195 e. The van der Waals surface area contributed by atoms with Gasteiger partial charge in [-0.3, -0.25) is 4.90 Å². The molecule has 2 unspecified atom stereocenters. The highest BCUT2D eigenvalue weighted by molar-refractivity contribution is 7.99. The molecule has 0 aromatic rings. The van der Waals surface area contributed by atoms with Crippen molar-refractivity contribution < 1.29 is 0 Å². The molecule has 2 nitrogen and oxygen atoms in total. The quantitative estimate of drug-likeness (QED) is 0.674. The molecule has 1 heterocycles. The summed E-state index contributed by atoms with van der Waals surface area (Å²) in [6.45, 7) is 10.6. The monoisotopic (exact) mass is 258 g/mol. The van der Waals surface area contributed by atoms with Crippen LogP contribution in [0.25, 0.3) is 0 Å². The number of likely N-dealkylation sites (tertiary alicyclic amines) is 1. The molecule has 0 bridgehead atoms. The van der Waals surface area contributed by atoms with E-state index in [1.54, 1.807) is 0 Å². The molecule has 0 aromatic heterocycles. The molecule has 0 spiro atoms. The SMILES string of the molecule is CCCNC1CCCN(C(C)CCSCC)C1. The smallest absolute Gasteiger partial charge is 0.0195 e. The van der Waals surface area contributed by atoms with E-state index in [0.717, 1.165) is 12.1 Å². The Morgan fingerprint density at radius 2 is 2.24 bits per heavy atom. The van der Waals surface area contributed by atoms with Crippen LogP contribution < -0.4 is 5.32 Å². The summed E-state index contributed by atoms with van der Waals surface area (Å²) in [5.41, 5.74) is 0. The van der Waals surface area contributed by atoms with Crippen LogP contribution in [0.4, 0.5) is 0 Å². The first kappa shape index (κ1) is 15.3. The summed E-state index contributed by atoms with van der Waals surface area (Å²) in [7, 11) is 0. The van der Waals surface area contributed by atoms with Crippen molar-refractivity contribution in [2.45, 2.75) is 58.5 Å². The minimum atomic E-state index is 0.741. The number of piperidine rings is 1. The van der Waals surface area contributed by atoms with Gasteiger partial charge in [0.15, 0.2) is 0 Å². The number of thioether (sulfide) groups is 1. The Balaban J connectivity index is 2.22. The van der Waals surface area contributed by atoms with Crippen LogP contribution >= 0.6 is 11.8 Å². The van der Waals surface area contributed by atoms with Gasteiger partial charge in [0.05, 0.1) is 0 Å². The van der Waals surface area contributed by atoms with Gasteiger partial charge in [0.2, 0.25) is 0 Å². The van der Waals surface area contributed by atoms with Gasteiger partial charge in [0, 0.05) is 18.6 Å². The van der Waals surface area contributed by atoms with Crippen molar-refractivity contribution in [2.24, 2.45) is 0 Å². The van der Waals surface area contributed by atoms with Gasteiger partial charge in [-0.05, 0) is 57.2 Å². The van der Waals surface area contributed by atoms with Crippen LogP contribution in [0.1, 0.15) is 46.5 Å². The summed E-state index contributed by atoms with van der Waals surface area (Å²) in [5, 5.41) is 3.68. The topological polar surface area (TPSA) is 15.3 Å². The average Bonchev–Trinajstić information content (AvgIpc) is 2.37. The van der Waals surface area contributed by atoms with Crippen LogP contribution in [0, 0.1) is 0 Å². The zero-order chi connectivity index (χ0) is 12.5. The first-order valence-corrected chi connectivity index (χ1v) is 8.48. The van der Waals surface area contributed by atoms with Gasteiger partial charge >= 0.3 is 0 Å². The highest BCUT2D eigenvalue weighted by Crippen LogP contribution is 2.16. The molecule has 3 heteroatoms. The third-order valence-electron chi connectivity index (χ3n) is 3.64. The number of nitrogens with zero attached hydrogens (tertiary/aromatic N) is 1. The minimum Gasteiger partial charge on any atom is -0.313 e. The summed E-state index contributed by atoms with van der Waals surface area (Å²) in [6, 6.07) is 1.50. The Hall–Kier alpha value is 0.270. The van der Waals surface area contributed by atoms with Gasteiger partial charge in [-0.2, -0.15) is 11.8 Å². The summed E-state index contributed by atoms with van der Waals surface area (Å²) in [4.78, 5) is 2.69. The van der Waals surface area contributed by atoms with E-state index in [-0.39, 0.29) is 0 Å². The molecule has 1 rings (SSSR count). The Bertz CT molecular complexity index is 187. The summed E-state index contributed by atoms with van der Waals surface area (Å²) in [6.07, 6.45) is 5.33. The first-order chi connectivity index (χ1) is 8.27. The van der Waals surface area contributed by atoms with Gasteiger partial charge in [-0.25, -0.2) is 0 Å². The van der Waals surface area contributed by atoms with Crippen molar-refractivity contribution in [1.82, 2.24) is 10.2 Å². The first-order valence-electron chi connectivity index (χ1n) is 7.33. The molecule has 1 aliphatic heterocycles. The zero-order valence-corrected chi connectivity index (χ0v) is 12.7. The fourth-order valence-electron chi connectivity index (χ4n) is 2.50. The molecule has 0 aromatic carbocycles. The Labute approximate surface area is 112 Å². The molecule has 17 heavy (non-hydrogen) atoms. The van der Waals surface area contributed by atoms with Gasteiger partial charge in [0.1, 0.15) is 0 Å². The van der Waals surface area contributed by atoms with Crippen LogP contribution in [-0.4, -0.2) is 48.1 Å². The van der Waals surface area contributed by atoms with Gasteiger partial charge < -0.3 is 5.32 Å². The number of rotatable bonds is 8. The molecular formula is C14H30N2S. The van der Waals surface area contributed by atoms with E-state index >= 15 is 0 Å². The lowest BCUT2D eigenvalue weighted by molar-refractivity contribution is 0.143. The minimum absolute atomic E-state index is 0.741. The Morgan fingerprint density at radius 3 is 2.94 bits per heavy atom. The molecule has 1 fully saturated rings. The van der Waals surface area contributed by atoms with E-state index in [2.05, 4.69) is 42.7 Å². The van der Waals surface area contributed by atoms with E-state index < -0.39 is 0 Å². The van der Waals surface area contributed by atoms with Crippen LogP contribution in [-0.2, 0) is 0 Å². The predicted molar refractivity (Wildman–Crippen MR) is 80.0 cm³/mol. The maximum absolute atomic E-state index is 3.68. The zero-order valence-electron chi connectivity index (χ0n) is 11.9. The highest BCUT2D eigenvalue weighted by atomic mass is 32.2. The molecule has 0 amide bonds. The molecule has 0 saturated carbocycles. The third kappa shape index (κ3) is 6.12. The standard InChI is InChI=1S/C14H30N2S/c1-4-9-15-14-7-6-10-16(12-14)13(3)8-11-17-5-2/h13-15H,4-12H2,1-3H3. The lowest BCUT2D eigenvalue weighted by atomic mass is 10.0. The second kappa shape index (κ2) is 9.23. The van der Waals surface area contributed by atoms with E-state index in [0.29, 0.717) is 0 Å². The summed E-state index contributed by atoms with van der Waals surface area (Å²) < 4.78 is 0. The fourth-order valence-corrected chi connectivity index (χ4v) is 3.30. The second-order valence-corrected chi connectivity index (χ2v) is 6.52. The number of hydrogen-bond acceptors (Lipinski definition) is 3. The van der Waals surface area contributed by atoms with Crippen LogP contribution in [0.15, 0.2) is 0 Å². The van der Waals surface area contributed by atoms with Gasteiger partial charge in [-0.15, -0.1) is 0 Å². The van der Waals surface area contributed by atoms with Crippen LogP contribution in [0.3, 0.4) is 0 Å². The molecule has 1 aliphatic rings. The van der Waals surface area contributed by atoms with Crippen LogP contribution in [0.2, 0.25) is 0 Å². The Kier molecular flexibility index (Phi) is 8.33. The van der Waals surface area contributed by atoms with E-state index in [9.17, 15) is 0 Å². The summed E-state index contributed by atoms with van der Waals surface area (Å²) >= 11 is 2.07. The molecule has 1 N–H and O–H groups in total. The Morgan fingerprint density at radius 1 is 1.41 bits per heavy atom. The fraction of sp³-hybridized carbons (Fsp3) is 1.00. The van der Waals surface area contributed by atoms with Gasteiger partial charge in [0.25, 0.3) is 0 Å². The molecule has 0 aliphatic carbocycles.